The van der Waals surface area contributed by atoms with Gasteiger partial charge in [-0.1, -0.05) is 17.7 Å². The van der Waals surface area contributed by atoms with Crippen LogP contribution < -0.4 is 4.72 Å². The van der Waals surface area contributed by atoms with E-state index in [1.54, 1.807) is 17.0 Å². The van der Waals surface area contributed by atoms with Crippen molar-refractivity contribution in [2.24, 2.45) is 0 Å². The van der Waals surface area contributed by atoms with Gasteiger partial charge < -0.3 is 9.32 Å². The Bertz CT molecular complexity index is 919. The fourth-order valence-electron chi connectivity index (χ4n) is 2.85. The molecule has 1 aromatic heterocycles. The van der Waals surface area contributed by atoms with Gasteiger partial charge >= 0.3 is 0 Å². The Morgan fingerprint density at radius 3 is 2.56 bits per heavy atom. The van der Waals surface area contributed by atoms with E-state index >= 15 is 0 Å². The van der Waals surface area contributed by atoms with Gasteiger partial charge in [-0.2, -0.15) is 0 Å². The first-order valence-corrected chi connectivity index (χ1v) is 10.2. The third-order valence-electron chi connectivity index (χ3n) is 4.43. The first kappa shape index (κ1) is 19.8. The lowest BCUT2D eigenvalue weighted by atomic mass is 10.2. The van der Waals surface area contributed by atoms with E-state index < -0.39 is 10.0 Å². The van der Waals surface area contributed by atoms with Gasteiger partial charge in [0.2, 0.25) is 5.09 Å². The van der Waals surface area contributed by atoms with E-state index in [1.807, 2.05) is 4.90 Å². The molecule has 1 N–H and O–H groups in total. The van der Waals surface area contributed by atoms with Gasteiger partial charge in [-0.15, -0.1) is 0 Å². The van der Waals surface area contributed by atoms with E-state index in [1.165, 1.54) is 25.2 Å². The van der Waals surface area contributed by atoms with Crippen LogP contribution in [0, 0.1) is 5.82 Å². The molecule has 0 aliphatic carbocycles. The second-order valence-electron chi connectivity index (χ2n) is 6.09. The molecular weight excluding hydrogens is 397 g/mol. The van der Waals surface area contributed by atoms with E-state index in [4.69, 9.17) is 16.0 Å². The van der Waals surface area contributed by atoms with Gasteiger partial charge in [0.15, 0.2) is 5.76 Å². The van der Waals surface area contributed by atoms with Crippen LogP contribution in [0.3, 0.4) is 0 Å². The molecular formula is C17H19ClFN3O4S. The number of furan rings is 1. The van der Waals surface area contributed by atoms with Crippen LogP contribution in [0.1, 0.15) is 16.1 Å². The van der Waals surface area contributed by atoms with Crippen LogP contribution in [0.25, 0.3) is 0 Å². The first-order chi connectivity index (χ1) is 12.8. The maximum Gasteiger partial charge on any atom is 0.289 e. The lowest BCUT2D eigenvalue weighted by Crippen LogP contribution is -2.48. The van der Waals surface area contributed by atoms with E-state index in [9.17, 15) is 17.6 Å². The van der Waals surface area contributed by atoms with Crippen molar-refractivity contribution in [3.05, 3.63) is 52.5 Å². The van der Waals surface area contributed by atoms with Crippen molar-refractivity contribution in [1.29, 1.82) is 0 Å². The number of nitrogens with one attached hydrogen (secondary N) is 1. The first-order valence-electron chi connectivity index (χ1n) is 8.29. The minimum atomic E-state index is -3.74. The van der Waals surface area contributed by atoms with Gasteiger partial charge in [0.05, 0.1) is 0 Å². The van der Waals surface area contributed by atoms with E-state index in [-0.39, 0.29) is 22.6 Å². The van der Waals surface area contributed by atoms with Crippen LogP contribution in [0.15, 0.2) is 39.8 Å². The summed E-state index contributed by atoms with van der Waals surface area (Å²) in [5, 5.41) is 0.0727. The SMILES string of the molecule is CNS(=O)(=O)c1ccc(C(=O)N2CCN(Cc3c(F)cccc3Cl)CC2)o1. The van der Waals surface area contributed by atoms with Crippen LogP contribution in [-0.2, 0) is 16.6 Å². The summed E-state index contributed by atoms with van der Waals surface area (Å²) in [6.07, 6.45) is 0. The monoisotopic (exact) mass is 415 g/mol. The van der Waals surface area contributed by atoms with Gasteiger partial charge in [-0.05, 0) is 31.3 Å². The lowest BCUT2D eigenvalue weighted by molar-refractivity contribution is 0.0591. The number of amides is 1. The molecule has 146 valence electrons. The number of piperazine rings is 1. The summed E-state index contributed by atoms with van der Waals surface area (Å²) in [7, 11) is -2.47. The minimum Gasteiger partial charge on any atom is -0.438 e. The number of benzene rings is 1. The van der Waals surface area contributed by atoms with Crippen molar-refractivity contribution < 1.29 is 22.0 Å². The third-order valence-corrected chi connectivity index (χ3v) is 6.07. The molecule has 10 heteroatoms. The predicted molar refractivity (Wildman–Crippen MR) is 97.5 cm³/mol. The zero-order chi connectivity index (χ0) is 19.6. The molecule has 0 spiro atoms. The highest BCUT2D eigenvalue weighted by Crippen LogP contribution is 2.22. The Labute approximate surface area is 161 Å². The largest absolute Gasteiger partial charge is 0.438 e. The molecule has 1 saturated heterocycles. The van der Waals surface area contributed by atoms with Crippen molar-refractivity contribution in [3.63, 3.8) is 0 Å². The molecule has 2 heterocycles. The molecule has 27 heavy (non-hydrogen) atoms. The standard InChI is InChI=1S/C17H19ClFN3O4S/c1-20-27(24,25)16-6-5-15(26-16)17(23)22-9-7-21(8-10-22)11-12-13(18)3-2-4-14(12)19/h2-6,20H,7-11H2,1H3. The van der Waals surface area contributed by atoms with Crippen LogP contribution in [-0.4, -0.2) is 57.4 Å². The third kappa shape index (κ3) is 4.32. The van der Waals surface area contributed by atoms with Gasteiger partial charge in [-0.3, -0.25) is 9.69 Å². The summed E-state index contributed by atoms with van der Waals surface area (Å²) < 4.78 is 44.6. The maximum absolute atomic E-state index is 13.9. The van der Waals surface area contributed by atoms with Crippen molar-refractivity contribution >= 4 is 27.5 Å². The molecule has 0 bridgehead atoms. The number of hydrogen-bond donors (Lipinski definition) is 1. The molecule has 1 amide bonds. The molecule has 1 fully saturated rings. The molecule has 1 aliphatic rings. The van der Waals surface area contributed by atoms with Crippen molar-refractivity contribution in [3.8, 4) is 0 Å². The molecule has 0 unspecified atom stereocenters. The summed E-state index contributed by atoms with van der Waals surface area (Å²) in [5.41, 5.74) is 0.437. The Balaban J connectivity index is 1.61. The maximum atomic E-state index is 13.9. The van der Waals surface area contributed by atoms with Crippen molar-refractivity contribution in [1.82, 2.24) is 14.5 Å². The van der Waals surface area contributed by atoms with Crippen LogP contribution in [0.2, 0.25) is 5.02 Å². The summed E-state index contributed by atoms with van der Waals surface area (Å²) in [4.78, 5) is 16.1. The Morgan fingerprint density at radius 2 is 1.93 bits per heavy atom. The fourth-order valence-corrected chi connectivity index (χ4v) is 3.72. The molecule has 0 saturated carbocycles. The van der Waals surface area contributed by atoms with Crippen LogP contribution >= 0.6 is 11.6 Å². The molecule has 0 radical (unpaired) electrons. The van der Waals surface area contributed by atoms with Gasteiger partial charge in [-0.25, -0.2) is 17.5 Å². The molecule has 3 rings (SSSR count). The molecule has 2 aromatic rings. The number of sulfonamides is 1. The zero-order valence-corrected chi connectivity index (χ0v) is 16.2. The highest BCUT2D eigenvalue weighted by Gasteiger charge is 2.26. The lowest BCUT2D eigenvalue weighted by Gasteiger charge is -2.34. The number of carbonyl (C=O) groups excluding carboxylic acids is 1. The summed E-state index contributed by atoms with van der Waals surface area (Å²) in [5.74, 6) is -0.764. The van der Waals surface area contributed by atoms with Gasteiger partial charge in [0.1, 0.15) is 5.82 Å². The van der Waals surface area contributed by atoms with Crippen LogP contribution in [0.4, 0.5) is 4.39 Å². The van der Waals surface area contributed by atoms with Gasteiger partial charge in [0, 0.05) is 43.3 Å². The summed E-state index contributed by atoms with van der Waals surface area (Å²) in [6.45, 7) is 2.27. The Kier molecular flexibility index (Phi) is 5.85. The predicted octanol–water partition coefficient (Wildman–Crippen LogP) is 1.94. The van der Waals surface area contributed by atoms with Crippen molar-refractivity contribution in [2.75, 3.05) is 33.2 Å². The van der Waals surface area contributed by atoms with Crippen LogP contribution in [0.5, 0.6) is 0 Å². The molecule has 7 nitrogen and oxygen atoms in total. The number of hydrogen-bond acceptors (Lipinski definition) is 5. The quantitative estimate of drug-likeness (QED) is 0.806. The summed E-state index contributed by atoms with van der Waals surface area (Å²) >= 11 is 6.06. The zero-order valence-electron chi connectivity index (χ0n) is 14.6. The Hall–Kier alpha value is -1.94. The number of halogens is 2. The molecule has 1 aliphatic heterocycles. The highest BCUT2D eigenvalue weighted by atomic mass is 35.5. The second-order valence-corrected chi connectivity index (χ2v) is 8.32. The van der Waals surface area contributed by atoms with E-state index in [0.29, 0.717) is 43.3 Å². The van der Waals surface area contributed by atoms with E-state index in [2.05, 4.69) is 4.72 Å². The van der Waals surface area contributed by atoms with Crippen molar-refractivity contribution in [2.45, 2.75) is 11.6 Å². The van der Waals surface area contributed by atoms with E-state index in [0.717, 1.165) is 0 Å². The number of nitrogens with zero attached hydrogens (tertiary/aromatic N) is 2. The summed E-state index contributed by atoms with van der Waals surface area (Å²) in [6, 6.07) is 7.17. The molecule has 1 aromatic carbocycles. The Morgan fingerprint density at radius 1 is 1.22 bits per heavy atom. The second kappa shape index (κ2) is 7.97. The normalized spacial score (nSPS) is 15.9. The minimum absolute atomic E-state index is 0.0329. The van der Waals surface area contributed by atoms with Gasteiger partial charge in [0.25, 0.3) is 15.9 Å². The smallest absolute Gasteiger partial charge is 0.289 e. The fraction of sp³-hybridized carbons (Fsp3) is 0.353. The topological polar surface area (TPSA) is 82.9 Å². The number of carbonyl (C=O) groups is 1. The highest BCUT2D eigenvalue weighted by molar-refractivity contribution is 7.89. The average Bonchev–Trinajstić information content (AvgIpc) is 3.16. The number of rotatable bonds is 5. The average molecular weight is 416 g/mol. The molecule has 0 atom stereocenters.